The Hall–Kier alpha value is -1.51. The van der Waals surface area contributed by atoms with E-state index in [0.717, 1.165) is 11.3 Å². The molecule has 0 radical (unpaired) electrons. The van der Waals surface area contributed by atoms with Crippen molar-refractivity contribution < 1.29 is 9.94 Å². The van der Waals surface area contributed by atoms with Crippen LogP contribution in [0.15, 0.2) is 29.4 Å². The molecule has 76 valence electrons. The third-order valence-electron chi connectivity index (χ3n) is 1.79. The molecule has 0 bridgehead atoms. The highest BCUT2D eigenvalue weighted by Gasteiger charge is 2.07. The van der Waals surface area contributed by atoms with Gasteiger partial charge < -0.3 is 9.94 Å². The van der Waals surface area contributed by atoms with Crippen LogP contribution in [-0.2, 0) is 0 Å². The molecule has 0 amide bonds. The average molecular weight is 193 g/mol. The smallest absolute Gasteiger partial charge is 0.128 e. The second-order valence-corrected chi connectivity index (χ2v) is 3.35. The van der Waals surface area contributed by atoms with Crippen LogP contribution in [0.3, 0.4) is 0 Å². The van der Waals surface area contributed by atoms with Crippen molar-refractivity contribution in [1.29, 1.82) is 0 Å². The molecule has 0 aliphatic heterocycles. The summed E-state index contributed by atoms with van der Waals surface area (Å²) >= 11 is 0. The van der Waals surface area contributed by atoms with Gasteiger partial charge in [0.1, 0.15) is 5.75 Å². The molecule has 0 aliphatic rings. The van der Waals surface area contributed by atoms with Crippen molar-refractivity contribution in [3.05, 3.63) is 29.8 Å². The Morgan fingerprint density at radius 1 is 1.36 bits per heavy atom. The highest BCUT2D eigenvalue weighted by atomic mass is 16.5. The SMILES string of the molecule is C/C(=N\O)c1ccccc1OC(C)C. The van der Waals surface area contributed by atoms with Gasteiger partial charge in [-0.2, -0.15) is 0 Å². The van der Waals surface area contributed by atoms with Crippen molar-refractivity contribution in [2.24, 2.45) is 5.16 Å². The number of hydrogen-bond acceptors (Lipinski definition) is 3. The van der Waals surface area contributed by atoms with E-state index in [1.165, 1.54) is 0 Å². The topological polar surface area (TPSA) is 41.8 Å². The summed E-state index contributed by atoms with van der Waals surface area (Å²) in [5.74, 6) is 0.748. The van der Waals surface area contributed by atoms with E-state index < -0.39 is 0 Å². The van der Waals surface area contributed by atoms with E-state index in [0.29, 0.717) is 5.71 Å². The van der Waals surface area contributed by atoms with Gasteiger partial charge in [0.05, 0.1) is 11.8 Å². The van der Waals surface area contributed by atoms with E-state index in [1.54, 1.807) is 6.92 Å². The maximum Gasteiger partial charge on any atom is 0.128 e. The molecule has 1 rings (SSSR count). The molecule has 0 saturated carbocycles. The molecule has 3 nitrogen and oxygen atoms in total. The van der Waals surface area contributed by atoms with Gasteiger partial charge in [0.2, 0.25) is 0 Å². The van der Waals surface area contributed by atoms with Gasteiger partial charge in [0.25, 0.3) is 0 Å². The molecular weight excluding hydrogens is 178 g/mol. The highest BCUT2D eigenvalue weighted by molar-refractivity contribution is 6.00. The van der Waals surface area contributed by atoms with Crippen LogP contribution in [0.5, 0.6) is 5.75 Å². The number of ether oxygens (including phenoxy) is 1. The van der Waals surface area contributed by atoms with Gasteiger partial charge in [0.15, 0.2) is 0 Å². The van der Waals surface area contributed by atoms with E-state index in [4.69, 9.17) is 9.94 Å². The van der Waals surface area contributed by atoms with E-state index in [2.05, 4.69) is 5.16 Å². The fraction of sp³-hybridized carbons (Fsp3) is 0.364. The van der Waals surface area contributed by atoms with Crippen molar-refractivity contribution in [3.8, 4) is 5.75 Å². The molecule has 3 heteroatoms. The molecule has 0 saturated heterocycles. The Morgan fingerprint density at radius 3 is 2.57 bits per heavy atom. The minimum absolute atomic E-state index is 0.114. The predicted molar refractivity (Wildman–Crippen MR) is 56.2 cm³/mol. The second kappa shape index (κ2) is 4.65. The molecule has 1 aromatic carbocycles. The van der Waals surface area contributed by atoms with Gasteiger partial charge in [0, 0.05) is 5.56 Å². The first-order valence-corrected chi connectivity index (χ1v) is 4.60. The fourth-order valence-electron chi connectivity index (χ4n) is 1.18. The standard InChI is InChI=1S/C11H15NO2/c1-8(2)14-11-7-5-4-6-10(11)9(3)12-13/h4-8,13H,1-3H3/b12-9+. The summed E-state index contributed by atoms with van der Waals surface area (Å²) in [7, 11) is 0. The first-order chi connectivity index (χ1) is 6.65. The highest BCUT2D eigenvalue weighted by Crippen LogP contribution is 2.19. The van der Waals surface area contributed by atoms with E-state index in [9.17, 15) is 0 Å². The lowest BCUT2D eigenvalue weighted by molar-refractivity contribution is 0.241. The second-order valence-electron chi connectivity index (χ2n) is 3.35. The number of nitrogens with zero attached hydrogens (tertiary/aromatic N) is 1. The monoisotopic (exact) mass is 193 g/mol. The molecular formula is C11H15NO2. The van der Waals surface area contributed by atoms with Crippen LogP contribution in [-0.4, -0.2) is 17.0 Å². The van der Waals surface area contributed by atoms with Crippen LogP contribution in [0.4, 0.5) is 0 Å². The fourth-order valence-corrected chi connectivity index (χ4v) is 1.18. The molecule has 0 atom stereocenters. The number of rotatable bonds is 3. The molecule has 0 aliphatic carbocycles. The van der Waals surface area contributed by atoms with Gasteiger partial charge in [-0.1, -0.05) is 17.3 Å². The lowest BCUT2D eigenvalue weighted by Crippen LogP contribution is -2.09. The van der Waals surface area contributed by atoms with Crippen molar-refractivity contribution >= 4 is 5.71 Å². The van der Waals surface area contributed by atoms with Crippen LogP contribution < -0.4 is 4.74 Å². The van der Waals surface area contributed by atoms with Crippen LogP contribution in [0.2, 0.25) is 0 Å². The van der Waals surface area contributed by atoms with Gasteiger partial charge in [-0.3, -0.25) is 0 Å². The van der Waals surface area contributed by atoms with E-state index in [1.807, 2.05) is 38.1 Å². The lowest BCUT2D eigenvalue weighted by atomic mass is 10.1. The molecule has 0 fully saturated rings. The Kier molecular flexibility index (Phi) is 3.51. The minimum Gasteiger partial charge on any atom is -0.490 e. The molecule has 1 N–H and O–H groups in total. The number of para-hydroxylation sites is 1. The van der Waals surface area contributed by atoms with E-state index in [-0.39, 0.29) is 6.10 Å². The largest absolute Gasteiger partial charge is 0.490 e. The lowest BCUT2D eigenvalue weighted by Gasteiger charge is -2.13. The summed E-state index contributed by atoms with van der Waals surface area (Å²) in [6, 6.07) is 7.51. The summed E-state index contributed by atoms with van der Waals surface area (Å²) in [5, 5.41) is 11.8. The normalized spacial score (nSPS) is 11.9. The van der Waals surface area contributed by atoms with Crippen LogP contribution >= 0.6 is 0 Å². The molecule has 0 aromatic heterocycles. The first-order valence-electron chi connectivity index (χ1n) is 4.60. The Morgan fingerprint density at radius 2 is 2.00 bits per heavy atom. The molecule has 14 heavy (non-hydrogen) atoms. The van der Waals surface area contributed by atoms with Crippen LogP contribution in [0.25, 0.3) is 0 Å². The summed E-state index contributed by atoms with van der Waals surface area (Å²) in [4.78, 5) is 0. The van der Waals surface area contributed by atoms with Crippen molar-refractivity contribution in [2.75, 3.05) is 0 Å². The van der Waals surface area contributed by atoms with Gasteiger partial charge in [-0.05, 0) is 32.9 Å². The molecule has 0 unspecified atom stereocenters. The van der Waals surface area contributed by atoms with Crippen molar-refractivity contribution in [1.82, 2.24) is 0 Å². The number of oxime groups is 1. The van der Waals surface area contributed by atoms with Gasteiger partial charge in [-0.15, -0.1) is 0 Å². The van der Waals surface area contributed by atoms with E-state index >= 15 is 0 Å². The predicted octanol–water partition coefficient (Wildman–Crippen LogP) is 2.67. The molecule has 0 heterocycles. The zero-order valence-electron chi connectivity index (χ0n) is 8.69. The zero-order chi connectivity index (χ0) is 10.6. The minimum atomic E-state index is 0.114. The van der Waals surface area contributed by atoms with Gasteiger partial charge in [-0.25, -0.2) is 0 Å². The van der Waals surface area contributed by atoms with Crippen molar-refractivity contribution in [2.45, 2.75) is 26.9 Å². The average Bonchev–Trinajstić information content (AvgIpc) is 2.16. The molecule has 0 spiro atoms. The third kappa shape index (κ3) is 2.49. The summed E-state index contributed by atoms with van der Waals surface area (Å²) in [6.07, 6.45) is 0.114. The Bertz CT molecular complexity index is 332. The maximum absolute atomic E-state index is 8.68. The Labute approximate surface area is 84.0 Å². The summed E-state index contributed by atoms with van der Waals surface area (Å²) < 4.78 is 5.58. The quantitative estimate of drug-likeness (QED) is 0.455. The first kappa shape index (κ1) is 10.6. The zero-order valence-corrected chi connectivity index (χ0v) is 8.69. The maximum atomic E-state index is 8.68. The number of benzene rings is 1. The number of hydrogen-bond donors (Lipinski definition) is 1. The summed E-state index contributed by atoms with van der Waals surface area (Å²) in [5.41, 5.74) is 1.38. The summed E-state index contributed by atoms with van der Waals surface area (Å²) in [6.45, 7) is 5.66. The third-order valence-corrected chi connectivity index (χ3v) is 1.79. The Balaban J connectivity index is 3.03. The van der Waals surface area contributed by atoms with Gasteiger partial charge >= 0.3 is 0 Å². The van der Waals surface area contributed by atoms with Crippen molar-refractivity contribution in [3.63, 3.8) is 0 Å². The van der Waals surface area contributed by atoms with Crippen LogP contribution in [0.1, 0.15) is 26.3 Å². The molecule has 1 aromatic rings. The van der Waals surface area contributed by atoms with Crippen LogP contribution in [0, 0.1) is 0 Å².